The van der Waals surface area contributed by atoms with Gasteiger partial charge in [-0.3, -0.25) is 9.36 Å². The van der Waals surface area contributed by atoms with Crippen molar-refractivity contribution in [3.8, 4) is 11.4 Å². The van der Waals surface area contributed by atoms with Gasteiger partial charge in [-0.05, 0) is 35.6 Å². The highest BCUT2D eigenvalue weighted by molar-refractivity contribution is 7.99. The van der Waals surface area contributed by atoms with Crippen LogP contribution in [-0.4, -0.2) is 21.9 Å². The van der Waals surface area contributed by atoms with Crippen LogP contribution in [0.1, 0.15) is 26.3 Å². The second kappa shape index (κ2) is 9.51. The highest BCUT2D eigenvalue weighted by atomic mass is 35.5. The summed E-state index contributed by atoms with van der Waals surface area (Å²) in [6.45, 7) is 6.86. The summed E-state index contributed by atoms with van der Waals surface area (Å²) in [5.74, 6) is 1.40. The van der Waals surface area contributed by atoms with Crippen molar-refractivity contribution in [3.63, 3.8) is 0 Å². The van der Waals surface area contributed by atoms with E-state index in [1.54, 1.807) is 29.1 Å². The van der Waals surface area contributed by atoms with E-state index in [0.717, 1.165) is 12.2 Å². The molecule has 0 radical (unpaired) electrons. The minimum absolute atomic E-state index is 0.0376. The molecule has 0 unspecified atom stereocenters. The summed E-state index contributed by atoms with van der Waals surface area (Å²) in [5.41, 5.74) is 1.82. The second-order valence-electron chi connectivity index (χ2n) is 7.96. The molecule has 0 aliphatic rings. The summed E-state index contributed by atoms with van der Waals surface area (Å²) >= 11 is 7.86. The molecular weight excluding hydrogens is 404 g/mol. The summed E-state index contributed by atoms with van der Waals surface area (Å²) in [5, 5.41) is 0.960. The fourth-order valence-corrected chi connectivity index (χ4v) is 3.77. The molecular formula is C23H25ClN2O2S. The van der Waals surface area contributed by atoms with Gasteiger partial charge in [0.25, 0.3) is 5.56 Å². The van der Waals surface area contributed by atoms with E-state index in [2.05, 4.69) is 37.9 Å². The van der Waals surface area contributed by atoms with E-state index >= 15 is 0 Å². The lowest BCUT2D eigenvalue weighted by atomic mass is 9.99. The van der Waals surface area contributed by atoms with E-state index in [4.69, 9.17) is 16.3 Å². The van der Waals surface area contributed by atoms with Crippen LogP contribution in [0.15, 0.2) is 70.7 Å². The minimum atomic E-state index is -0.148. The first-order valence-corrected chi connectivity index (χ1v) is 10.9. The Bertz CT molecular complexity index is 1010. The molecule has 0 N–H and O–H groups in total. The van der Waals surface area contributed by atoms with Crippen molar-refractivity contribution in [1.29, 1.82) is 0 Å². The van der Waals surface area contributed by atoms with E-state index < -0.39 is 0 Å². The van der Waals surface area contributed by atoms with Gasteiger partial charge in [0.05, 0.1) is 17.3 Å². The first kappa shape index (κ1) is 21.5. The zero-order valence-corrected chi connectivity index (χ0v) is 18.5. The van der Waals surface area contributed by atoms with Gasteiger partial charge >= 0.3 is 0 Å². The SMILES string of the molecule is CC(C)(C)COc1ccc(-n2ccnc(SCCc3ccccc3)c2=O)cc1Cl. The zero-order valence-electron chi connectivity index (χ0n) is 16.9. The molecule has 0 saturated heterocycles. The molecule has 1 aromatic heterocycles. The molecule has 29 heavy (non-hydrogen) atoms. The Morgan fingerprint density at radius 3 is 2.59 bits per heavy atom. The number of halogens is 1. The summed E-state index contributed by atoms with van der Waals surface area (Å²) in [6.07, 6.45) is 4.18. The maximum atomic E-state index is 12.9. The molecule has 0 aliphatic heterocycles. The van der Waals surface area contributed by atoms with Crippen LogP contribution in [0.25, 0.3) is 5.69 Å². The Kier molecular flexibility index (Phi) is 7.04. The lowest BCUT2D eigenvalue weighted by Gasteiger charge is -2.19. The number of aromatic nitrogens is 2. The summed E-state index contributed by atoms with van der Waals surface area (Å²) in [7, 11) is 0. The van der Waals surface area contributed by atoms with Gasteiger partial charge in [0.2, 0.25) is 0 Å². The fraction of sp³-hybridized carbons (Fsp3) is 0.304. The van der Waals surface area contributed by atoms with E-state index in [9.17, 15) is 4.79 Å². The van der Waals surface area contributed by atoms with Crippen LogP contribution < -0.4 is 10.3 Å². The number of rotatable bonds is 7. The van der Waals surface area contributed by atoms with Crippen molar-refractivity contribution in [1.82, 2.24) is 9.55 Å². The number of aryl methyl sites for hydroxylation is 1. The molecule has 6 heteroatoms. The number of hydrogen-bond donors (Lipinski definition) is 0. The number of thioether (sulfide) groups is 1. The smallest absolute Gasteiger partial charge is 0.287 e. The summed E-state index contributed by atoms with van der Waals surface area (Å²) < 4.78 is 7.37. The zero-order chi connectivity index (χ0) is 20.9. The molecule has 0 atom stereocenters. The molecule has 2 aromatic carbocycles. The molecule has 0 saturated carbocycles. The minimum Gasteiger partial charge on any atom is -0.491 e. The molecule has 0 fully saturated rings. The monoisotopic (exact) mass is 428 g/mol. The summed E-state index contributed by atoms with van der Waals surface area (Å²) in [4.78, 5) is 17.1. The molecule has 0 amide bonds. The van der Waals surface area contributed by atoms with Gasteiger partial charge in [-0.15, -0.1) is 11.8 Å². The van der Waals surface area contributed by atoms with Gasteiger partial charge in [-0.2, -0.15) is 0 Å². The maximum Gasteiger partial charge on any atom is 0.287 e. The van der Waals surface area contributed by atoms with Crippen molar-refractivity contribution in [2.24, 2.45) is 5.41 Å². The van der Waals surface area contributed by atoms with Gasteiger partial charge in [-0.1, -0.05) is 62.7 Å². The largest absolute Gasteiger partial charge is 0.491 e. The lowest BCUT2D eigenvalue weighted by Crippen LogP contribution is -2.21. The Labute approximate surface area is 180 Å². The Balaban J connectivity index is 1.73. The predicted molar refractivity (Wildman–Crippen MR) is 121 cm³/mol. The van der Waals surface area contributed by atoms with Crippen LogP contribution >= 0.6 is 23.4 Å². The van der Waals surface area contributed by atoms with Crippen molar-refractivity contribution >= 4 is 23.4 Å². The van der Waals surface area contributed by atoms with Crippen LogP contribution in [0.4, 0.5) is 0 Å². The standard InChI is InChI=1S/C23H25ClN2O2S/c1-23(2,3)16-28-20-10-9-18(15-19(20)24)26-13-12-25-21(22(26)27)29-14-11-17-7-5-4-6-8-17/h4-10,12-13,15H,11,14,16H2,1-3H3. The lowest BCUT2D eigenvalue weighted by molar-refractivity contribution is 0.198. The Morgan fingerprint density at radius 2 is 1.90 bits per heavy atom. The topological polar surface area (TPSA) is 44.1 Å². The van der Waals surface area contributed by atoms with Gasteiger partial charge in [0.15, 0.2) is 5.03 Å². The first-order valence-electron chi connectivity index (χ1n) is 9.51. The van der Waals surface area contributed by atoms with Crippen LogP contribution in [-0.2, 0) is 6.42 Å². The van der Waals surface area contributed by atoms with Crippen molar-refractivity contribution < 1.29 is 4.74 Å². The van der Waals surface area contributed by atoms with Crippen LogP contribution in [0.3, 0.4) is 0 Å². The first-order chi connectivity index (χ1) is 13.8. The molecule has 152 valence electrons. The molecule has 0 aliphatic carbocycles. The summed E-state index contributed by atoms with van der Waals surface area (Å²) in [6, 6.07) is 15.6. The number of ether oxygens (including phenoxy) is 1. The fourth-order valence-electron chi connectivity index (χ4n) is 2.66. The highest BCUT2D eigenvalue weighted by Crippen LogP contribution is 2.28. The predicted octanol–water partition coefficient (Wildman–Crippen LogP) is 5.65. The van der Waals surface area contributed by atoms with Gasteiger partial charge in [0.1, 0.15) is 5.75 Å². The third-order valence-corrected chi connectivity index (χ3v) is 5.39. The second-order valence-corrected chi connectivity index (χ2v) is 9.45. The van der Waals surface area contributed by atoms with Gasteiger partial charge in [-0.25, -0.2) is 4.98 Å². The van der Waals surface area contributed by atoms with Crippen molar-refractivity contribution in [3.05, 3.63) is 81.9 Å². The third-order valence-electron chi connectivity index (χ3n) is 4.14. The maximum absolute atomic E-state index is 12.9. The highest BCUT2D eigenvalue weighted by Gasteiger charge is 2.14. The van der Waals surface area contributed by atoms with Crippen LogP contribution in [0, 0.1) is 5.41 Å². The quantitative estimate of drug-likeness (QED) is 0.456. The van der Waals surface area contributed by atoms with E-state index in [-0.39, 0.29) is 11.0 Å². The van der Waals surface area contributed by atoms with Crippen LogP contribution in [0.2, 0.25) is 5.02 Å². The Morgan fingerprint density at radius 1 is 1.14 bits per heavy atom. The van der Waals surface area contributed by atoms with E-state index in [1.807, 2.05) is 24.3 Å². The van der Waals surface area contributed by atoms with Crippen molar-refractivity contribution in [2.45, 2.75) is 32.2 Å². The molecule has 4 nitrogen and oxygen atoms in total. The number of nitrogens with zero attached hydrogens (tertiary/aromatic N) is 2. The van der Waals surface area contributed by atoms with Gasteiger partial charge in [0, 0.05) is 18.1 Å². The molecule has 3 aromatic rings. The number of benzene rings is 2. The average molecular weight is 429 g/mol. The molecule has 0 spiro atoms. The van der Waals surface area contributed by atoms with Crippen molar-refractivity contribution in [2.75, 3.05) is 12.4 Å². The normalized spacial score (nSPS) is 11.4. The van der Waals surface area contributed by atoms with E-state index in [0.29, 0.717) is 28.1 Å². The van der Waals surface area contributed by atoms with E-state index in [1.165, 1.54) is 17.3 Å². The average Bonchev–Trinajstić information content (AvgIpc) is 2.68. The molecule has 1 heterocycles. The number of hydrogen-bond acceptors (Lipinski definition) is 4. The molecule has 3 rings (SSSR count). The third kappa shape index (κ3) is 6.12. The van der Waals surface area contributed by atoms with Crippen LogP contribution in [0.5, 0.6) is 5.75 Å². The van der Waals surface area contributed by atoms with Gasteiger partial charge < -0.3 is 4.74 Å². The molecule has 0 bridgehead atoms. The Hall–Kier alpha value is -2.24.